The van der Waals surface area contributed by atoms with Crippen molar-refractivity contribution < 1.29 is 9.72 Å². The Morgan fingerprint density at radius 2 is 1.90 bits per heavy atom. The second kappa shape index (κ2) is 7.44. The molecule has 0 heterocycles. The lowest BCUT2D eigenvalue weighted by Gasteiger charge is -2.24. The van der Waals surface area contributed by atoms with Crippen LogP contribution in [0.3, 0.4) is 0 Å². The molecule has 0 radical (unpaired) electrons. The minimum absolute atomic E-state index is 0.0613. The van der Waals surface area contributed by atoms with E-state index < -0.39 is 11.0 Å². The third kappa shape index (κ3) is 4.32. The van der Waals surface area contributed by atoms with Gasteiger partial charge in [-0.15, -0.1) is 0 Å². The number of nitro benzene ring substituents is 1. The van der Waals surface area contributed by atoms with Gasteiger partial charge in [0.1, 0.15) is 6.04 Å². The van der Waals surface area contributed by atoms with Crippen LogP contribution in [0, 0.1) is 10.1 Å². The number of nitrogen functional groups attached to an aromatic ring is 1. The lowest BCUT2D eigenvalue weighted by Crippen LogP contribution is -2.41. The van der Waals surface area contributed by atoms with Crippen molar-refractivity contribution >= 4 is 23.0 Å². The molecule has 1 aromatic carbocycles. The quantitative estimate of drug-likeness (QED) is 0.399. The van der Waals surface area contributed by atoms with Gasteiger partial charge >= 0.3 is 0 Å². The molecule has 0 aliphatic heterocycles. The van der Waals surface area contributed by atoms with Gasteiger partial charge in [0.05, 0.1) is 10.6 Å². The fraction of sp³-hybridized carbons (Fsp3) is 0.462. The number of benzene rings is 1. The molecule has 0 spiro atoms. The maximum absolute atomic E-state index is 12.2. The topological polar surface area (TPSA) is 114 Å². The number of likely N-dealkylation sites (N-methyl/N-ethyl adjacent to an activating group) is 1. The number of hydrogen-bond donors (Lipinski definition) is 3. The predicted octanol–water partition coefficient (Wildman–Crippen LogP) is 1.55. The Morgan fingerprint density at radius 3 is 2.38 bits per heavy atom. The number of hydrazine groups is 1. The van der Waals surface area contributed by atoms with Crippen LogP contribution in [0.25, 0.3) is 0 Å². The Kier molecular flexibility index (Phi) is 5.92. The number of nitro groups is 1. The summed E-state index contributed by atoms with van der Waals surface area (Å²) in [5, 5.41) is 13.8. The van der Waals surface area contributed by atoms with Gasteiger partial charge in [0, 0.05) is 30.9 Å². The van der Waals surface area contributed by atoms with Gasteiger partial charge in [0.15, 0.2) is 0 Å². The number of carbonyl (C=O) groups is 1. The monoisotopic (exact) mass is 295 g/mol. The van der Waals surface area contributed by atoms with E-state index in [0.717, 1.165) is 0 Å². The maximum Gasteiger partial charge on any atom is 0.273 e. The number of amides is 1. The number of non-ortho nitro benzene ring substituents is 1. The smallest absolute Gasteiger partial charge is 0.273 e. The third-order valence-corrected chi connectivity index (χ3v) is 3.12. The Morgan fingerprint density at radius 1 is 1.33 bits per heavy atom. The second-order valence-electron chi connectivity index (χ2n) is 4.55. The van der Waals surface area contributed by atoms with E-state index >= 15 is 0 Å². The number of hydrogen-bond acceptors (Lipinski definition) is 6. The molecule has 0 fully saturated rings. The Labute approximate surface area is 123 Å². The van der Waals surface area contributed by atoms with Crippen LogP contribution >= 0.6 is 0 Å². The molecule has 0 bridgehead atoms. The zero-order valence-electron chi connectivity index (χ0n) is 12.4. The van der Waals surface area contributed by atoms with Crippen LogP contribution in [0.1, 0.15) is 20.8 Å². The van der Waals surface area contributed by atoms with Gasteiger partial charge < -0.3 is 15.6 Å². The number of carbonyl (C=O) groups excluding carboxylic acids is 1. The molecule has 1 unspecified atom stereocenters. The molecular weight excluding hydrogens is 274 g/mol. The Balaban J connectivity index is 2.93. The Hall–Kier alpha value is -2.35. The highest BCUT2D eigenvalue weighted by atomic mass is 16.6. The van der Waals surface area contributed by atoms with Gasteiger partial charge in [0.25, 0.3) is 5.69 Å². The molecular formula is C13H21N5O3. The SMILES string of the molecule is CCN(CC)C(=O)C(C)Nc1cc(NN)cc([N+](=O)[O-])c1. The summed E-state index contributed by atoms with van der Waals surface area (Å²) in [4.78, 5) is 24.2. The van der Waals surface area contributed by atoms with E-state index in [2.05, 4.69) is 10.7 Å². The molecule has 0 aliphatic rings. The van der Waals surface area contributed by atoms with E-state index in [9.17, 15) is 14.9 Å². The molecule has 1 aromatic rings. The van der Waals surface area contributed by atoms with Gasteiger partial charge in [-0.05, 0) is 26.8 Å². The number of rotatable bonds is 7. The summed E-state index contributed by atoms with van der Waals surface area (Å²) in [6, 6.07) is 3.81. The van der Waals surface area contributed by atoms with Crippen molar-refractivity contribution in [1.29, 1.82) is 0 Å². The van der Waals surface area contributed by atoms with Crippen molar-refractivity contribution in [3.63, 3.8) is 0 Å². The summed E-state index contributed by atoms with van der Waals surface area (Å²) >= 11 is 0. The fourth-order valence-electron chi connectivity index (χ4n) is 2.00. The van der Waals surface area contributed by atoms with Crippen molar-refractivity contribution in [1.82, 2.24) is 4.90 Å². The van der Waals surface area contributed by atoms with E-state index in [1.807, 2.05) is 13.8 Å². The number of nitrogens with zero attached hydrogens (tertiary/aromatic N) is 2. The highest BCUT2D eigenvalue weighted by Crippen LogP contribution is 2.24. The van der Waals surface area contributed by atoms with Crippen LogP contribution in [0.4, 0.5) is 17.1 Å². The van der Waals surface area contributed by atoms with Crippen LogP contribution in [-0.2, 0) is 4.79 Å². The minimum atomic E-state index is -0.511. The first kappa shape index (κ1) is 16.7. The molecule has 0 aromatic heterocycles. The summed E-state index contributed by atoms with van der Waals surface area (Å²) in [5.74, 6) is 5.23. The Bertz CT molecular complexity index is 517. The summed E-state index contributed by atoms with van der Waals surface area (Å²) < 4.78 is 0. The van der Waals surface area contributed by atoms with Crippen molar-refractivity contribution in [2.75, 3.05) is 23.8 Å². The lowest BCUT2D eigenvalue weighted by atomic mass is 10.2. The van der Waals surface area contributed by atoms with Crippen molar-refractivity contribution in [3.8, 4) is 0 Å². The highest BCUT2D eigenvalue weighted by Gasteiger charge is 2.19. The van der Waals surface area contributed by atoms with E-state index in [1.165, 1.54) is 12.1 Å². The lowest BCUT2D eigenvalue weighted by molar-refractivity contribution is -0.384. The molecule has 1 rings (SSSR count). The molecule has 0 aliphatic carbocycles. The van der Waals surface area contributed by atoms with E-state index in [0.29, 0.717) is 24.5 Å². The van der Waals surface area contributed by atoms with Gasteiger partial charge in [-0.25, -0.2) is 0 Å². The number of nitrogens with one attached hydrogen (secondary N) is 2. The van der Waals surface area contributed by atoms with Crippen LogP contribution in [0.5, 0.6) is 0 Å². The summed E-state index contributed by atoms with van der Waals surface area (Å²) in [7, 11) is 0. The molecule has 8 heteroatoms. The molecule has 0 saturated heterocycles. The van der Waals surface area contributed by atoms with Crippen LogP contribution in [0.15, 0.2) is 18.2 Å². The molecule has 21 heavy (non-hydrogen) atoms. The summed E-state index contributed by atoms with van der Waals surface area (Å²) in [5.41, 5.74) is 3.13. The third-order valence-electron chi connectivity index (χ3n) is 3.12. The van der Waals surface area contributed by atoms with Gasteiger partial charge in [-0.1, -0.05) is 0 Å². The van der Waals surface area contributed by atoms with Crippen molar-refractivity contribution in [2.24, 2.45) is 5.84 Å². The van der Waals surface area contributed by atoms with Crippen LogP contribution in [0.2, 0.25) is 0 Å². The predicted molar refractivity (Wildman–Crippen MR) is 81.9 cm³/mol. The molecule has 4 N–H and O–H groups in total. The molecule has 1 atom stereocenters. The second-order valence-corrected chi connectivity index (χ2v) is 4.55. The van der Waals surface area contributed by atoms with Crippen molar-refractivity contribution in [2.45, 2.75) is 26.8 Å². The standard InChI is InChI=1S/C13H21N5O3/c1-4-17(5-2)13(19)9(3)15-10-6-11(16-14)8-12(7-10)18(20)21/h6-9,15-16H,4-5,14H2,1-3H3. The summed E-state index contributed by atoms with van der Waals surface area (Å²) in [6.45, 7) is 6.75. The van der Waals surface area contributed by atoms with Crippen LogP contribution < -0.4 is 16.6 Å². The van der Waals surface area contributed by atoms with Gasteiger partial charge in [-0.2, -0.15) is 0 Å². The van der Waals surface area contributed by atoms with E-state index in [-0.39, 0.29) is 11.6 Å². The molecule has 0 saturated carbocycles. The maximum atomic E-state index is 12.2. The average Bonchev–Trinajstić information content (AvgIpc) is 2.47. The van der Waals surface area contributed by atoms with E-state index in [4.69, 9.17) is 5.84 Å². The first-order valence-corrected chi connectivity index (χ1v) is 6.74. The zero-order valence-corrected chi connectivity index (χ0v) is 12.4. The average molecular weight is 295 g/mol. The fourth-order valence-corrected chi connectivity index (χ4v) is 2.00. The summed E-state index contributed by atoms with van der Waals surface area (Å²) in [6.07, 6.45) is 0. The number of anilines is 2. The number of nitrogens with two attached hydrogens (primary N) is 1. The van der Waals surface area contributed by atoms with Crippen LogP contribution in [-0.4, -0.2) is 34.9 Å². The van der Waals surface area contributed by atoms with E-state index in [1.54, 1.807) is 17.9 Å². The van der Waals surface area contributed by atoms with Crippen molar-refractivity contribution in [3.05, 3.63) is 28.3 Å². The van der Waals surface area contributed by atoms with Gasteiger partial charge in [0.2, 0.25) is 5.91 Å². The minimum Gasteiger partial charge on any atom is -0.374 e. The highest BCUT2D eigenvalue weighted by molar-refractivity contribution is 5.84. The first-order valence-electron chi connectivity index (χ1n) is 6.74. The molecule has 116 valence electrons. The molecule has 1 amide bonds. The largest absolute Gasteiger partial charge is 0.374 e. The zero-order chi connectivity index (χ0) is 16.0. The normalized spacial score (nSPS) is 11.6. The van der Waals surface area contributed by atoms with Gasteiger partial charge in [-0.3, -0.25) is 20.8 Å². The molecule has 8 nitrogen and oxygen atoms in total. The first-order chi connectivity index (χ1) is 9.92.